The second kappa shape index (κ2) is 7.77. The molecule has 1 heterocycles. The zero-order valence-corrected chi connectivity index (χ0v) is 13.9. The monoisotopic (exact) mass is 318 g/mol. The molecule has 1 saturated heterocycles. The van der Waals surface area contributed by atoms with Gasteiger partial charge in [0.25, 0.3) is 0 Å². The Morgan fingerprint density at radius 3 is 2.83 bits per heavy atom. The molecule has 0 amide bonds. The molecule has 1 atom stereocenters. The van der Waals surface area contributed by atoms with Gasteiger partial charge in [-0.15, -0.1) is 0 Å². The fourth-order valence-electron chi connectivity index (χ4n) is 3.28. The molecule has 1 aromatic rings. The Bertz CT molecular complexity index is 542. The molecular formula is C18H27FN4. The molecule has 126 valence electrons. The molecule has 1 aliphatic carbocycles. The van der Waals surface area contributed by atoms with E-state index in [1.165, 1.54) is 38.4 Å². The maximum Gasteiger partial charge on any atom is 0.190 e. The van der Waals surface area contributed by atoms with E-state index in [2.05, 4.69) is 20.5 Å². The molecule has 3 rings (SSSR count). The Morgan fingerprint density at radius 2 is 2.09 bits per heavy atom. The van der Waals surface area contributed by atoms with E-state index in [0.29, 0.717) is 18.9 Å². The van der Waals surface area contributed by atoms with Crippen molar-refractivity contribution in [1.29, 1.82) is 0 Å². The smallest absolute Gasteiger partial charge is 0.190 e. The lowest BCUT2D eigenvalue weighted by Gasteiger charge is -2.17. The molecule has 2 fully saturated rings. The van der Waals surface area contributed by atoms with Gasteiger partial charge in [0.2, 0.25) is 0 Å². The van der Waals surface area contributed by atoms with Crippen molar-refractivity contribution in [1.82, 2.24) is 15.5 Å². The first-order chi connectivity index (χ1) is 11.3. The van der Waals surface area contributed by atoms with E-state index < -0.39 is 0 Å². The van der Waals surface area contributed by atoms with Crippen molar-refractivity contribution in [2.45, 2.75) is 31.7 Å². The van der Waals surface area contributed by atoms with E-state index in [1.807, 2.05) is 12.1 Å². The topological polar surface area (TPSA) is 39.7 Å². The first-order valence-electron chi connectivity index (χ1n) is 8.68. The molecule has 0 aromatic heterocycles. The van der Waals surface area contributed by atoms with E-state index in [4.69, 9.17) is 0 Å². The van der Waals surface area contributed by atoms with Gasteiger partial charge in [0.05, 0.1) is 0 Å². The highest BCUT2D eigenvalue weighted by molar-refractivity contribution is 5.79. The quantitative estimate of drug-likeness (QED) is 0.623. The Hall–Kier alpha value is -1.62. The third-order valence-corrected chi connectivity index (χ3v) is 4.81. The van der Waals surface area contributed by atoms with Crippen molar-refractivity contribution in [3.05, 3.63) is 35.6 Å². The lowest BCUT2D eigenvalue weighted by Crippen LogP contribution is -2.41. The van der Waals surface area contributed by atoms with Gasteiger partial charge in [-0.3, -0.25) is 4.99 Å². The highest BCUT2D eigenvalue weighted by atomic mass is 19.1. The summed E-state index contributed by atoms with van der Waals surface area (Å²) in [6.45, 7) is 4.10. The summed E-state index contributed by atoms with van der Waals surface area (Å²) in [5.74, 6) is 1.38. The van der Waals surface area contributed by atoms with Gasteiger partial charge >= 0.3 is 0 Å². The van der Waals surface area contributed by atoms with Crippen LogP contribution in [0.4, 0.5) is 4.39 Å². The molecule has 4 nitrogen and oxygen atoms in total. The van der Waals surface area contributed by atoms with Gasteiger partial charge in [-0.1, -0.05) is 18.2 Å². The minimum Gasteiger partial charge on any atom is -0.356 e. The molecule has 0 bridgehead atoms. The predicted molar refractivity (Wildman–Crippen MR) is 92.2 cm³/mol. The SMILES string of the molecule is CN=C(NCCc1ccccc1F)NCC1CCN(C2CC2)C1. The minimum atomic E-state index is -0.136. The van der Waals surface area contributed by atoms with Crippen LogP contribution in [0.1, 0.15) is 24.8 Å². The number of nitrogens with zero attached hydrogens (tertiary/aromatic N) is 2. The summed E-state index contributed by atoms with van der Waals surface area (Å²) in [6.07, 6.45) is 4.71. The van der Waals surface area contributed by atoms with E-state index in [9.17, 15) is 4.39 Å². The third kappa shape index (κ3) is 4.67. The van der Waals surface area contributed by atoms with Gasteiger partial charge in [0.15, 0.2) is 5.96 Å². The van der Waals surface area contributed by atoms with Crippen LogP contribution in [-0.4, -0.2) is 50.1 Å². The molecule has 2 N–H and O–H groups in total. The van der Waals surface area contributed by atoms with Crippen molar-refractivity contribution >= 4 is 5.96 Å². The number of nitrogens with one attached hydrogen (secondary N) is 2. The van der Waals surface area contributed by atoms with Crippen LogP contribution in [0.2, 0.25) is 0 Å². The van der Waals surface area contributed by atoms with Crippen molar-refractivity contribution in [2.75, 3.05) is 33.2 Å². The van der Waals surface area contributed by atoms with Gasteiger partial charge in [0.1, 0.15) is 5.82 Å². The Morgan fingerprint density at radius 1 is 1.26 bits per heavy atom. The van der Waals surface area contributed by atoms with Crippen LogP contribution < -0.4 is 10.6 Å². The van der Waals surface area contributed by atoms with Gasteiger partial charge < -0.3 is 15.5 Å². The van der Waals surface area contributed by atoms with Crippen LogP contribution in [-0.2, 0) is 6.42 Å². The maximum atomic E-state index is 13.6. The summed E-state index contributed by atoms with van der Waals surface area (Å²) in [6, 6.07) is 7.81. The van der Waals surface area contributed by atoms with Gasteiger partial charge in [-0.2, -0.15) is 0 Å². The average Bonchev–Trinajstić information content (AvgIpc) is 3.31. The highest BCUT2D eigenvalue weighted by Gasteiger charge is 2.34. The highest BCUT2D eigenvalue weighted by Crippen LogP contribution is 2.31. The Kier molecular flexibility index (Phi) is 5.49. The normalized spacial score (nSPS) is 22.3. The zero-order valence-electron chi connectivity index (χ0n) is 13.9. The summed E-state index contributed by atoms with van der Waals surface area (Å²) in [4.78, 5) is 6.88. The van der Waals surface area contributed by atoms with Crippen molar-refractivity contribution in [3.8, 4) is 0 Å². The molecule has 23 heavy (non-hydrogen) atoms. The Labute approximate surface area is 138 Å². The van der Waals surface area contributed by atoms with Gasteiger partial charge in [-0.05, 0) is 49.8 Å². The largest absolute Gasteiger partial charge is 0.356 e. The average molecular weight is 318 g/mol. The molecule has 0 spiro atoms. The number of likely N-dealkylation sites (tertiary alicyclic amines) is 1. The van der Waals surface area contributed by atoms with E-state index in [1.54, 1.807) is 13.1 Å². The molecule has 1 unspecified atom stereocenters. The maximum absolute atomic E-state index is 13.6. The standard InChI is InChI=1S/C18H27FN4/c1-20-18(21-10-8-15-4-2-3-5-17(15)19)22-12-14-9-11-23(13-14)16-6-7-16/h2-5,14,16H,6-13H2,1H3,(H2,20,21,22). The summed E-state index contributed by atoms with van der Waals surface area (Å²) in [5.41, 5.74) is 0.742. The number of hydrogen-bond donors (Lipinski definition) is 2. The van der Waals surface area contributed by atoms with Crippen LogP contribution in [0.25, 0.3) is 0 Å². The number of hydrogen-bond acceptors (Lipinski definition) is 2. The van der Waals surface area contributed by atoms with Crippen LogP contribution >= 0.6 is 0 Å². The zero-order chi connectivity index (χ0) is 16.1. The lowest BCUT2D eigenvalue weighted by atomic mass is 10.1. The number of rotatable bonds is 6. The minimum absolute atomic E-state index is 0.136. The molecule has 2 aliphatic rings. The van der Waals surface area contributed by atoms with Crippen LogP contribution in [0, 0.1) is 11.7 Å². The van der Waals surface area contributed by atoms with Crippen molar-refractivity contribution < 1.29 is 4.39 Å². The van der Waals surface area contributed by atoms with E-state index >= 15 is 0 Å². The second-order valence-corrected chi connectivity index (χ2v) is 6.60. The first-order valence-corrected chi connectivity index (χ1v) is 8.68. The molecule has 1 aliphatic heterocycles. The fraction of sp³-hybridized carbons (Fsp3) is 0.611. The van der Waals surface area contributed by atoms with Crippen LogP contribution in [0.15, 0.2) is 29.3 Å². The molecule has 0 radical (unpaired) electrons. The number of aliphatic imine (C=N–C) groups is 1. The van der Waals surface area contributed by atoms with Gasteiger partial charge in [-0.25, -0.2) is 4.39 Å². The van der Waals surface area contributed by atoms with Crippen LogP contribution in [0.3, 0.4) is 0 Å². The number of guanidine groups is 1. The second-order valence-electron chi connectivity index (χ2n) is 6.60. The Balaban J connectivity index is 1.36. The van der Waals surface area contributed by atoms with Crippen molar-refractivity contribution in [2.24, 2.45) is 10.9 Å². The number of halogens is 1. The summed E-state index contributed by atoms with van der Waals surface area (Å²) >= 11 is 0. The van der Waals surface area contributed by atoms with Crippen LogP contribution in [0.5, 0.6) is 0 Å². The van der Waals surface area contributed by atoms with E-state index in [-0.39, 0.29) is 5.82 Å². The molecule has 1 aromatic carbocycles. The fourth-order valence-corrected chi connectivity index (χ4v) is 3.28. The third-order valence-electron chi connectivity index (χ3n) is 4.81. The number of benzene rings is 1. The van der Waals surface area contributed by atoms with Gasteiger partial charge in [0, 0.05) is 32.7 Å². The molecule has 1 saturated carbocycles. The lowest BCUT2D eigenvalue weighted by molar-refractivity contribution is 0.314. The summed E-state index contributed by atoms with van der Waals surface area (Å²) in [7, 11) is 1.78. The van der Waals surface area contributed by atoms with E-state index in [0.717, 1.165) is 24.1 Å². The summed E-state index contributed by atoms with van der Waals surface area (Å²) in [5, 5.41) is 6.68. The van der Waals surface area contributed by atoms with Crippen molar-refractivity contribution in [3.63, 3.8) is 0 Å². The first kappa shape index (κ1) is 16.2. The summed E-state index contributed by atoms with van der Waals surface area (Å²) < 4.78 is 13.6. The molecular weight excluding hydrogens is 291 g/mol. The predicted octanol–water partition coefficient (Wildman–Crippen LogP) is 2.02. The molecule has 5 heteroatoms.